The SMILES string of the molecule is CC(C)c1ccc2c(=O)c3ccccc3n(C(C)C)c2c1N. The van der Waals surface area contributed by atoms with Gasteiger partial charge < -0.3 is 10.3 Å². The first-order valence-corrected chi connectivity index (χ1v) is 7.78. The molecular weight excluding hydrogens is 272 g/mol. The number of fused-ring (bicyclic) bond motifs is 2. The predicted molar refractivity (Wildman–Crippen MR) is 94.6 cm³/mol. The summed E-state index contributed by atoms with van der Waals surface area (Å²) in [4.78, 5) is 12.8. The first kappa shape index (κ1) is 14.6. The average Bonchev–Trinajstić information content (AvgIpc) is 2.48. The van der Waals surface area contributed by atoms with Gasteiger partial charge in [0.1, 0.15) is 0 Å². The van der Waals surface area contributed by atoms with E-state index in [-0.39, 0.29) is 11.5 Å². The summed E-state index contributed by atoms with van der Waals surface area (Å²) >= 11 is 0. The Hall–Kier alpha value is -2.29. The minimum Gasteiger partial charge on any atom is -0.397 e. The Kier molecular flexibility index (Phi) is 3.44. The van der Waals surface area contributed by atoms with Crippen LogP contribution in [0.25, 0.3) is 21.8 Å². The second-order valence-electron chi connectivity index (χ2n) is 6.43. The number of hydrogen-bond donors (Lipinski definition) is 1. The molecule has 0 fully saturated rings. The van der Waals surface area contributed by atoms with Crippen molar-refractivity contribution in [3.8, 4) is 0 Å². The quantitative estimate of drug-likeness (QED) is 0.561. The summed E-state index contributed by atoms with van der Waals surface area (Å²) in [5.74, 6) is 0.326. The van der Waals surface area contributed by atoms with Gasteiger partial charge in [-0.2, -0.15) is 0 Å². The van der Waals surface area contributed by atoms with Gasteiger partial charge in [-0.05, 0) is 43.5 Å². The van der Waals surface area contributed by atoms with Crippen molar-refractivity contribution >= 4 is 27.5 Å². The normalized spacial score (nSPS) is 11.9. The van der Waals surface area contributed by atoms with Crippen molar-refractivity contribution in [3.05, 3.63) is 52.2 Å². The summed E-state index contributed by atoms with van der Waals surface area (Å²) in [6, 6.07) is 11.9. The highest BCUT2D eigenvalue weighted by Crippen LogP contribution is 2.32. The Morgan fingerprint density at radius 3 is 2.27 bits per heavy atom. The molecule has 3 aromatic rings. The molecule has 3 rings (SSSR count). The topological polar surface area (TPSA) is 48.0 Å². The third-order valence-electron chi connectivity index (χ3n) is 4.28. The van der Waals surface area contributed by atoms with Crippen LogP contribution in [0.4, 0.5) is 5.69 Å². The van der Waals surface area contributed by atoms with Crippen LogP contribution in [0.15, 0.2) is 41.2 Å². The molecule has 3 nitrogen and oxygen atoms in total. The average molecular weight is 294 g/mol. The third kappa shape index (κ3) is 2.00. The summed E-state index contributed by atoms with van der Waals surface area (Å²) in [5.41, 5.74) is 10.2. The van der Waals surface area contributed by atoms with Crippen LogP contribution in [0.3, 0.4) is 0 Å². The minimum absolute atomic E-state index is 0.0597. The molecule has 1 heterocycles. The van der Waals surface area contributed by atoms with Crippen LogP contribution >= 0.6 is 0 Å². The summed E-state index contributed by atoms with van der Waals surface area (Å²) in [6.45, 7) is 8.49. The maximum absolute atomic E-state index is 12.8. The number of nitrogens with zero attached hydrogens (tertiary/aromatic N) is 1. The van der Waals surface area contributed by atoms with Crippen LogP contribution in [-0.2, 0) is 0 Å². The fraction of sp³-hybridized carbons (Fsp3) is 0.316. The van der Waals surface area contributed by atoms with E-state index in [0.29, 0.717) is 11.3 Å². The number of aromatic nitrogens is 1. The van der Waals surface area contributed by atoms with Gasteiger partial charge in [0.05, 0.1) is 16.7 Å². The van der Waals surface area contributed by atoms with Crippen LogP contribution in [0, 0.1) is 0 Å². The van der Waals surface area contributed by atoms with Crippen LogP contribution in [0.2, 0.25) is 0 Å². The van der Waals surface area contributed by atoms with E-state index in [1.165, 1.54) is 0 Å². The van der Waals surface area contributed by atoms with E-state index in [0.717, 1.165) is 27.7 Å². The standard InChI is InChI=1S/C19H22N2O/c1-11(2)13-9-10-15-18(17(13)20)21(12(3)4)16-8-6-5-7-14(16)19(15)22/h5-12H,20H2,1-4H3. The molecular formula is C19H22N2O. The number of rotatable bonds is 2. The number of nitrogens with two attached hydrogens (primary N) is 1. The van der Waals surface area contributed by atoms with Gasteiger partial charge in [-0.1, -0.05) is 32.0 Å². The Morgan fingerprint density at radius 1 is 0.955 bits per heavy atom. The van der Waals surface area contributed by atoms with Crippen molar-refractivity contribution in [3.63, 3.8) is 0 Å². The molecule has 0 aliphatic carbocycles. The number of hydrogen-bond acceptors (Lipinski definition) is 2. The fourth-order valence-corrected chi connectivity index (χ4v) is 3.25. The number of nitrogen functional groups attached to an aromatic ring is 1. The van der Waals surface area contributed by atoms with Crippen molar-refractivity contribution in [1.29, 1.82) is 0 Å². The molecule has 0 radical (unpaired) electrons. The van der Waals surface area contributed by atoms with E-state index >= 15 is 0 Å². The van der Waals surface area contributed by atoms with Crippen LogP contribution in [-0.4, -0.2) is 4.57 Å². The van der Waals surface area contributed by atoms with Crippen molar-refractivity contribution < 1.29 is 0 Å². The predicted octanol–water partition coefficient (Wildman–Crippen LogP) is 4.44. The third-order valence-corrected chi connectivity index (χ3v) is 4.28. The molecule has 0 saturated heterocycles. The second kappa shape index (κ2) is 5.16. The molecule has 0 aliphatic rings. The molecule has 3 heteroatoms. The lowest BCUT2D eigenvalue weighted by Gasteiger charge is -2.22. The van der Waals surface area contributed by atoms with Crippen LogP contribution in [0.1, 0.15) is 45.2 Å². The van der Waals surface area contributed by atoms with Crippen LogP contribution in [0.5, 0.6) is 0 Å². The second-order valence-corrected chi connectivity index (χ2v) is 6.43. The van der Waals surface area contributed by atoms with Gasteiger partial charge in [0, 0.05) is 16.8 Å². The maximum atomic E-state index is 12.8. The number of pyridine rings is 1. The molecule has 22 heavy (non-hydrogen) atoms. The summed E-state index contributed by atoms with van der Waals surface area (Å²) in [5, 5.41) is 1.45. The zero-order chi connectivity index (χ0) is 16.0. The van der Waals surface area contributed by atoms with Gasteiger partial charge in [-0.3, -0.25) is 4.79 Å². The smallest absolute Gasteiger partial charge is 0.197 e. The molecule has 114 valence electrons. The molecule has 0 unspecified atom stereocenters. The maximum Gasteiger partial charge on any atom is 0.197 e. The van der Waals surface area contributed by atoms with Gasteiger partial charge in [0.25, 0.3) is 0 Å². The highest BCUT2D eigenvalue weighted by atomic mass is 16.1. The van der Waals surface area contributed by atoms with E-state index in [2.05, 4.69) is 32.3 Å². The Bertz CT molecular complexity index is 920. The summed E-state index contributed by atoms with van der Waals surface area (Å²) in [7, 11) is 0. The Labute approximate surface area is 130 Å². The summed E-state index contributed by atoms with van der Waals surface area (Å²) < 4.78 is 2.19. The zero-order valence-electron chi connectivity index (χ0n) is 13.6. The van der Waals surface area contributed by atoms with E-state index in [1.54, 1.807) is 0 Å². The molecule has 0 spiro atoms. The van der Waals surface area contributed by atoms with E-state index in [9.17, 15) is 4.79 Å². The number of anilines is 1. The first-order chi connectivity index (χ1) is 10.4. The van der Waals surface area contributed by atoms with Gasteiger partial charge >= 0.3 is 0 Å². The highest BCUT2D eigenvalue weighted by Gasteiger charge is 2.17. The number of benzene rings is 2. The lowest BCUT2D eigenvalue weighted by atomic mass is 9.97. The molecule has 1 aromatic heterocycles. The highest BCUT2D eigenvalue weighted by molar-refractivity contribution is 5.99. The lowest BCUT2D eigenvalue weighted by Crippen LogP contribution is -2.15. The number of para-hydroxylation sites is 1. The van der Waals surface area contributed by atoms with Crippen molar-refractivity contribution in [2.24, 2.45) is 0 Å². The van der Waals surface area contributed by atoms with E-state index in [4.69, 9.17) is 5.73 Å². The van der Waals surface area contributed by atoms with Gasteiger partial charge in [-0.15, -0.1) is 0 Å². The summed E-state index contributed by atoms with van der Waals surface area (Å²) in [6.07, 6.45) is 0. The van der Waals surface area contributed by atoms with Crippen LogP contribution < -0.4 is 11.2 Å². The monoisotopic (exact) mass is 294 g/mol. The molecule has 0 bridgehead atoms. The first-order valence-electron chi connectivity index (χ1n) is 7.78. The molecule has 2 aromatic carbocycles. The molecule has 2 N–H and O–H groups in total. The van der Waals surface area contributed by atoms with Crippen molar-refractivity contribution in [2.75, 3.05) is 5.73 Å². The van der Waals surface area contributed by atoms with Crippen molar-refractivity contribution in [2.45, 2.75) is 39.7 Å². The molecule has 0 aliphatic heterocycles. The molecule has 0 atom stereocenters. The van der Waals surface area contributed by atoms with Crippen molar-refractivity contribution in [1.82, 2.24) is 4.57 Å². The fourth-order valence-electron chi connectivity index (χ4n) is 3.25. The van der Waals surface area contributed by atoms with Gasteiger partial charge in [-0.25, -0.2) is 0 Å². The van der Waals surface area contributed by atoms with E-state index < -0.39 is 0 Å². The van der Waals surface area contributed by atoms with E-state index in [1.807, 2.05) is 36.4 Å². The van der Waals surface area contributed by atoms with Gasteiger partial charge in [0.15, 0.2) is 5.43 Å². The molecule has 0 saturated carbocycles. The molecule has 0 amide bonds. The zero-order valence-corrected chi connectivity index (χ0v) is 13.6. The Morgan fingerprint density at radius 2 is 1.64 bits per heavy atom. The van der Waals surface area contributed by atoms with Gasteiger partial charge in [0.2, 0.25) is 0 Å². The largest absolute Gasteiger partial charge is 0.397 e. The lowest BCUT2D eigenvalue weighted by molar-refractivity contribution is 0.639. The Balaban J connectivity index is 2.64. The minimum atomic E-state index is 0.0597.